The van der Waals surface area contributed by atoms with Gasteiger partial charge in [0.15, 0.2) is 0 Å². The van der Waals surface area contributed by atoms with Gasteiger partial charge in [-0.25, -0.2) is 4.79 Å². The predicted molar refractivity (Wildman–Crippen MR) is 87.3 cm³/mol. The molecule has 0 bridgehead atoms. The molecule has 0 unspecified atom stereocenters. The summed E-state index contributed by atoms with van der Waals surface area (Å²) in [6.45, 7) is 7.27. The zero-order chi connectivity index (χ0) is 15.7. The highest BCUT2D eigenvalue weighted by molar-refractivity contribution is 5.94. The number of amides is 2. The van der Waals surface area contributed by atoms with Crippen LogP contribution >= 0.6 is 0 Å². The second-order valence-electron chi connectivity index (χ2n) is 6.41. The number of urea groups is 1. The van der Waals surface area contributed by atoms with Crippen LogP contribution in [-0.2, 0) is 6.54 Å². The molecular formula is C17H25N3O2. The van der Waals surface area contributed by atoms with Crippen molar-refractivity contribution in [1.82, 2.24) is 9.80 Å². The first-order valence-corrected chi connectivity index (χ1v) is 8.07. The first kappa shape index (κ1) is 15.2. The Bertz CT molecular complexity index is 551. The van der Waals surface area contributed by atoms with E-state index in [0.29, 0.717) is 18.6 Å². The number of likely N-dealkylation sites (tertiary alicyclic amines) is 1. The maximum Gasteiger partial charge on any atom is 0.322 e. The molecule has 0 atom stereocenters. The van der Waals surface area contributed by atoms with Crippen molar-refractivity contribution in [2.24, 2.45) is 0 Å². The molecule has 5 heteroatoms. The number of rotatable bonds is 3. The third-order valence-corrected chi connectivity index (χ3v) is 4.84. The van der Waals surface area contributed by atoms with E-state index in [1.54, 1.807) is 7.11 Å². The summed E-state index contributed by atoms with van der Waals surface area (Å²) < 4.78 is 5.34. The van der Waals surface area contributed by atoms with Crippen molar-refractivity contribution in [1.29, 1.82) is 0 Å². The minimum atomic E-state index is -0.00000283. The zero-order valence-electron chi connectivity index (χ0n) is 13.6. The maximum atomic E-state index is 12.5. The Morgan fingerprint density at radius 1 is 1.27 bits per heavy atom. The molecule has 1 N–H and O–H groups in total. The first-order chi connectivity index (χ1) is 10.6. The summed E-state index contributed by atoms with van der Waals surface area (Å²) in [5.74, 6) is 0.736. The molecule has 0 radical (unpaired) electrons. The van der Waals surface area contributed by atoms with Gasteiger partial charge < -0.3 is 19.9 Å². The van der Waals surface area contributed by atoms with E-state index in [-0.39, 0.29) is 6.03 Å². The van der Waals surface area contributed by atoms with Gasteiger partial charge in [-0.05, 0) is 38.3 Å². The fourth-order valence-corrected chi connectivity index (χ4v) is 3.46. The zero-order valence-corrected chi connectivity index (χ0v) is 13.6. The number of benzene rings is 1. The molecule has 0 saturated carbocycles. The van der Waals surface area contributed by atoms with Crippen LogP contribution in [0.4, 0.5) is 10.5 Å². The van der Waals surface area contributed by atoms with E-state index in [4.69, 9.17) is 4.74 Å². The van der Waals surface area contributed by atoms with Crippen LogP contribution in [0.3, 0.4) is 0 Å². The van der Waals surface area contributed by atoms with Gasteiger partial charge in [-0.2, -0.15) is 0 Å². The highest BCUT2D eigenvalue weighted by Crippen LogP contribution is 2.34. The number of anilines is 1. The van der Waals surface area contributed by atoms with E-state index < -0.39 is 0 Å². The molecule has 1 saturated heterocycles. The normalized spacial score (nSPS) is 20.0. The summed E-state index contributed by atoms with van der Waals surface area (Å²) in [7, 11) is 1.63. The lowest BCUT2D eigenvalue weighted by Gasteiger charge is -2.41. The van der Waals surface area contributed by atoms with Crippen LogP contribution in [0.25, 0.3) is 0 Å². The number of methoxy groups -OCH3 is 1. The Balaban J connectivity index is 1.73. The highest BCUT2D eigenvalue weighted by Gasteiger charge is 2.32. The molecule has 1 aromatic carbocycles. The standard InChI is InChI=1S/C17H25N3O2/c1-12(2)19-9-7-14(8-10-19)20-11-13-5-4-6-15(22-3)16(13)18-17(20)21/h4-6,12,14H,7-11H2,1-3H3,(H,18,21). The quantitative estimate of drug-likeness (QED) is 0.934. The van der Waals surface area contributed by atoms with Gasteiger partial charge in [-0.15, -0.1) is 0 Å². The van der Waals surface area contributed by atoms with Crippen LogP contribution in [0.2, 0.25) is 0 Å². The number of nitrogens with one attached hydrogen (secondary N) is 1. The van der Waals surface area contributed by atoms with Crippen LogP contribution in [0.5, 0.6) is 5.75 Å². The van der Waals surface area contributed by atoms with Gasteiger partial charge in [0, 0.05) is 31.7 Å². The van der Waals surface area contributed by atoms with Gasteiger partial charge in [-0.3, -0.25) is 0 Å². The van der Waals surface area contributed by atoms with Crippen molar-refractivity contribution >= 4 is 11.7 Å². The topological polar surface area (TPSA) is 44.8 Å². The Morgan fingerprint density at radius 2 is 2.00 bits per heavy atom. The summed E-state index contributed by atoms with van der Waals surface area (Å²) in [6, 6.07) is 6.84. The van der Waals surface area contributed by atoms with Gasteiger partial charge in [0.05, 0.1) is 12.8 Å². The number of fused-ring (bicyclic) bond motifs is 1. The highest BCUT2D eigenvalue weighted by atomic mass is 16.5. The van der Waals surface area contributed by atoms with Crippen molar-refractivity contribution < 1.29 is 9.53 Å². The van der Waals surface area contributed by atoms with Crippen molar-refractivity contribution in [3.63, 3.8) is 0 Å². The average Bonchev–Trinajstić information content (AvgIpc) is 2.53. The Labute approximate surface area is 132 Å². The second kappa shape index (κ2) is 6.16. The molecule has 0 aliphatic carbocycles. The van der Waals surface area contributed by atoms with Crippen LogP contribution in [-0.4, -0.2) is 48.1 Å². The lowest BCUT2D eigenvalue weighted by Crippen LogP contribution is -2.51. The first-order valence-electron chi connectivity index (χ1n) is 8.07. The smallest absolute Gasteiger partial charge is 0.322 e. The van der Waals surface area contributed by atoms with Crippen molar-refractivity contribution in [3.05, 3.63) is 23.8 Å². The number of ether oxygens (including phenoxy) is 1. The van der Waals surface area contributed by atoms with Gasteiger partial charge in [0.1, 0.15) is 5.75 Å². The maximum absolute atomic E-state index is 12.5. The molecule has 1 fully saturated rings. The van der Waals surface area contributed by atoms with E-state index in [2.05, 4.69) is 30.1 Å². The minimum Gasteiger partial charge on any atom is -0.495 e. The van der Waals surface area contributed by atoms with Crippen molar-refractivity contribution in [2.45, 2.75) is 45.3 Å². The molecule has 2 aliphatic heterocycles. The molecule has 2 amide bonds. The molecule has 22 heavy (non-hydrogen) atoms. The molecule has 1 aromatic rings. The van der Waals surface area contributed by atoms with Crippen molar-refractivity contribution in [2.75, 3.05) is 25.5 Å². The van der Waals surface area contributed by atoms with Crippen LogP contribution in [0, 0.1) is 0 Å². The Hall–Kier alpha value is -1.75. The SMILES string of the molecule is COc1cccc2c1NC(=O)N(C1CCN(C(C)C)CC1)C2. The number of hydrogen-bond donors (Lipinski definition) is 1. The van der Waals surface area contributed by atoms with Crippen LogP contribution < -0.4 is 10.1 Å². The third-order valence-electron chi connectivity index (χ3n) is 4.84. The summed E-state index contributed by atoms with van der Waals surface area (Å²) in [5, 5.41) is 3.01. The minimum absolute atomic E-state index is 0.00000283. The van der Waals surface area contributed by atoms with E-state index >= 15 is 0 Å². The summed E-state index contributed by atoms with van der Waals surface area (Å²) in [4.78, 5) is 17.0. The average molecular weight is 303 g/mol. The molecule has 5 nitrogen and oxygen atoms in total. The Kier molecular flexibility index (Phi) is 4.25. The summed E-state index contributed by atoms with van der Waals surface area (Å²) in [6.07, 6.45) is 2.09. The monoisotopic (exact) mass is 303 g/mol. The number of carbonyl (C=O) groups excluding carboxylic acids is 1. The van der Waals surface area contributed by atoms with Crippen LogP contribution in [0.1, 0.15) is 32.3 Å². The molecule has 3 rings (SSSR count). The number of nitrogens with zero attached hydrogens (tertiary/aromatic N) is 2. The van der Waals surface area contributed by atoms with E-state index in [1.807, 2.05) is 17.0 Å². The number of carbonyl (C=O) groups is 1. The fourth-order valence-electron chi connectivity index (χ4n) is 3.46. The number of piperidine rings is 1. The largest absolute Gasteiger partial charge is 0.495 e. The van der Waals surface area contributed by atoms with Gasteiger partial charge in [-0.1, -0.05) is 12.1 Å². The van der Waals surface area contributed by atoms with Crippen molar-refractivity contribution in [3.8, 4) is 5.75 Å². The molecule has 2 aliphatic rings. The molecule has 0 aromatic heterocycles. The van der Waals surface area contributed by atoms with Gasteiger partial charge in [0.2, 0.25) is 0 Å². The molecule has 120 valence electrons. The molecular weight excluding hydrogens is 278 g/mol. The molecule has 0 spiro atoms. The predicted octanol–water partition coefficient (Wildman–Crippen LogP) is 2.92. The summed E-state index contributed by atoms with van der Waals surface area (Å²) >= 11 is 0. The van der Waals surface area contributed by atoms with Gasteiger partial charge in [0.25, 0.3) is 0 Å². The fraction of sp³-hybridized carbons (Fsp3) is 0.588. The van der Waals surface area contributed by atoms with Gasteiger partial charge >= 0.3 is 6.03 Å². The second-order valence-corrected chi connectivity index (χ2v) is 6.41. The van der Waals surface area contributed by atoms with Crippen LogP contribution in [0.15, 0.2) is 18.2 Å². The number of hydrogen-bond acceptors (Lipinski definition) is 3. The third kappa shape index (κ3) is 2.77. The van der Waals surface area contributed by atoms with E-state index in [1.165, 1.54) is 0 Å². The Morgan fingerprint density at radius 3 is 2.64 bits per heavy atom. The van der Waals surface area contributed by atoms with E-state index in [9.17, 15) is 4.79 Å². The lowest BCUT2D eigenvalue weighted by molar-refractivity contribution is 0.105. The lowest BCUT2D eigenvalue weighted by atomic mass is 10.00. The number of para-hydroxylation sites is 1. The summed E-state index contributed by atoms with van der Waals surface area (Å²) in [5.41, 5.74) is 1.95. The van der Waals surface area contributed by atoms with E-state index in [0.717, 1.165) is 42.9 Å². The molecule has 2 heterocycles.